The zero-order chi connectivity index (χ0) is 13.1. The van der Waals surface area contributed by atoms with Crippen molar-refractivity contribution < 1.29 is 13.2 Å². The summed E-state index contributed by atoms with van der Waals surface area (Å²) in [5.41, 5.74) is 1.23. The maximum atomic E-state index is 13.8. The second kappa shape index (κ2) is 5.49. The minimum Gasteiger partial charge on any atom is -0.439 e. The van der Waals surface area contributed by atoms with Crippen molar-refractivity contribution in [3.63, 3.8) is 0 Å². The Morgan fingerprint density at radius 3 is 2.50 bits per heavy atom. The summed E-state index contributed by atoms with van der Waals surface area (Å²) in [7, 11) is 1.72. The molecule has 1 heterocycles. The molecule has 0 saturated heterocycles. The molecule has 1 aromatic carbocycles. The molecule has 0 spiro atoms. The van der Waals surface area contributed by atoms with E-state index in [2.05, 4.69) is 10.3 Å². The minimum atomic E-state index is -0.610. The number of aromatic nitrogens is 1. The van der Waals surface area contributed by atoms with Crippen molar-refractivity contribution in [2.45, 2.75) is 23.6 Å². The lowest BCUT2D eigenvalue weighted by molar-refractivity contribution is 0.451. The molecule has 2 aromatic rings. The van der Waals surface area contributed by atoms with E-state index in [9.17, 15) is 8.78 Å². The molecule has 0 aliphatic carbocycles. The normalized spacial score (nSPS) is 10.9. The van der Waals surface area contributed by atoms with Gasteiger partial charge in [0.1, 0.15) is 17.9 Å². The molecule has 3 nitrogen and oxygen atoms in total. The fourth-order valence-corrected chi connectivity index (χ4v) is 2.26. The highest BCUT2D eigenvalue weighted by molar-refractivity contribution is 7.99. The molecule has 1 N–H and O–H groups in total. The van der Waals surface area contributed by atoms with E-state index in [1.54, 1.807) is 14.0 Å². The maximum absolute atomic E-state index is 13.8. The van der Waals surface area contributed by atoms with Crippen molar-refractivity contribution in [1.29, 1.82) is 0 Å². The summed E-state index contributed by atoms with van der Waals surface area (Å²) in [6.45, 7) is 2.16. The first-order chi connectivity index (χ1) is 8.60. The Labute approximate surface area is 108 Å². The largest absolute Gasteiger partial charge is 0.439 e. The molecule has 0 bridgehead atoms. The van der Waals surface area contributed by atoms with E-state index < -0.39 is 11.6 Å². The van der Waals surface area contributed by atoms with E-state index in [0.717, 1.165) is 11.8 Å². The van der Waals surface area contributed by atoms with Gasteiger partial charge in [-0.3, -0.25) is 0 Å². The van der Waals surface area contributed by atoms with E-state index in [-0.39, 0.29) is 10.1 Å². The van der Waals surface area contributed by atoms with Crippen LogP contribution < -0.4 is 5.32 Å². The summed E-state index contributed by atoms with van der Waals surface area (Å²) in [6.07, 6.45) is 1.44. The summed E-state index contributed by atoms with van der Waals surface area (Å²) >= 11 is 0.840. The Bertz CT molecular complexity index is 534. The fourth-order valence-electron chi connectivity index (χ4n) is 1.48. The molecule has 0 atom stereocenters. The molecule has 18 heavy (non-hydrogen) atoms. The lowest BCUT2D eigenvalue weighted by atomic mass is 10.2. The fraction of sp³-hybridized carbons (Fsp3) is 0.250. The van der Waals surface area contributed by atoms with E-state index in [0.29, 0.717) is 17.8 Å². The number of halogens is 2. The summed E-state index contributed by atoms with van der Waals surface area (Å²) < 4.78 is 32.6. The van der Waals surface area contributed by atoms with Crippen LogP contribution in [-0.2, 0) is 6.54 Å². The predicted octanol–water partition coefficient (Wildman–Crippen LogP) is 3.13. The van der Waals surface area contributed by atoms with E-state index in [4.69, 9.17) is 4.42 Å². The van der Waals surface area contributed by atoms with E-state index in [1.165, 1.54) is 18.4 Å². The molecule has 96 valence electrons. The molecular formula is C12H12F2N2OS. The highest BCUT2D eigenvalue weighted by Crippen LogP contribution is 2.32. The molecule has 0 aliphatic rings. The highest BCUT2D eigenvalue weighted by Gasteiger charge is 2.15. The van der Waals surface area contributed by atoms with Gasteiger partial charge in [0.2, 0.25) is 0 Å². The second-order valence-electron chi connectivity index (χ2n) is 3.78. The van der Waals surface area contributed by atoms with Crippen LogP contribution in [0.5, 0.6) is 0 Å². The van der Waals surface area contributed by atoms with Crippen LogP contribution in [0.15, 0.2) is 32.9 Å². The first-order valence-electron chi connectivity index (χ1n) is 5.32. The Morgan fingerprint density at radius 2 is 2.00 bits per heavy atom. The average Bonchev–Trinajstić information content (AvgIpc) is 2.70. The number of nitrogens with one attached hydrogen (secondary N) is 1. The number of oxazole rings is 1. The van der Waals surface area contributed by atoms with Gasteiger partial charge in [-0.1, -0.05) is 0 Å². The van der Waals surface area contributed by atoms with Gasteiger partial charge in [0.05, 0.1) is 10.6 Å². The van der Waals surface area contributed by atoms with Crippen LogP contribution >= 0.6 is 11.8 Å². The summed E-state index contributed by atoms with van der Waals surface area (Å²) in [5, 5.41) is 3.07. The van der Waals surface area contributed by atoms with Gasteiger partial charge in [0, 0.05) is 6.54 Å². The van der Waals surface area contributed by atoms with Crippen molar-refractivity contribution in [2.75, 3.05) is 7.05 Å². The molecule has 6 heteroatoms. The molecule has 0 saturated carbocycles. The Hall–Kier alpha value is -1.40. The number of hydrogen-bond donors (Lipinski definition) is 1. The lowest BCUT2D eigenvalue weighted by Crippen LogP contribution is -2.06. The van der Waals surface area contributed by atoms with Gasteiger partial charge < -0.3 is 9.73 Å². The van der Waals surface area contributed by atoms with Crippen LogP contribution in [-0.4, -0.2) is 12.0 Å². The van der Waals surface area contributed by atoms with Gasteiger partial charge >= 0.3 is 0 Å². The van der Waals surface area contributed by atoms with Crippen molar-refractivity contribution in [3.8, 4) is 0 Å². The SMILES string of the molecule is CNCc1cc(F)c(Sc2nc(C)co2)c(F)c1. The quantitative estimate of drug-likeness (QED) is 0.926. The van der Waals surface area contributed by atoms with E-state index >= 15 is 0 Å². The van der Waals surface area contributed by atoms with Crippen LogP contribution in [0, 0.1) is 18.6 Å². The summed E-state index contributed by atoms with van der Waals surface area (Å²) in [4.78, 5) is 3.90. The first-order valence-corrected chi connectivity index (χ1v) is 6.14. The number of aryl methyl sites for hydroxylation is 1. The van der Waals surface area contributed by atoms with Crippen molar-refractivity contribution >= 4 is 11.8 Å². The topological polar surface area (TPSA) is 38.1 Å². The Kier molecular flexibility index (Phi) is 3.98. The average molecular weight is 270 g/mol. The van der Waals surface area contributed by atoms with E-state index in [1.807, 2.05) is 0 Å². The number of nitrogens with zero attached hydrogens (tertiary/aromatic N) is 1. The number of hydrogen-bond acceptors (Lipinski definition) is 4. The van der Waals surface area contributed by atoms with Gasteiger partial charge in [0.15, 0.2) is 0 Å². The third-order valence-corrected chi connectivity index (χ3v) is 3.18. The molecule has 0 fully saturated rings. The molecule has 1 aromatic heterocycles. The maximum Gasteiger partial charge on any atom is 0.260 e. The summed E-state index contributed by atoms with van der Waals surface area (Å²) in [5.74, 6) is -1.22. The molecule has 0 unspecified atom stereocenters. The van der Waals surface area contributed by atoms with Crippen LogP contribution in [0.2, 0.25) is 0 Å². The zero-order valence-corrected chi connectivity index (χ0v) is 10.8. The minimum absolute atomic E-state index is 0.100. The predicted molar refractivity (Wildman–Crippen MR) is 64.5 cm³/mol. The standard InChI is InChI=1S/C12H12F2N2OS/c1-7-6-17-12(16-7)18-11-9(13)3-8(5-15-2)4-10(11)14/h3-4,6,15H,5H2,1-2H3. The zero-order valence-electron chi connectivity index (χ0n) is 9.96. The van der Waals surface area contributed by atoms with Gasteiger partial charge in [-0.05, 0) is 43.4 Å². The van der Waals surface area contributed by atoms with Gasteiger partial charge in [-0.25, -0.2) is 13.8 Å². The van der Waals surface area contributed by atoms with Gasteiger partial charge in [-0.15, -0.1) is 0 Å². The molecule has 0 aliphatic heterocycles. The third kappa shape index (κ3) is 2.88. The van der Waals surface area contributed by atoms with Crippen LogP contribution in [0.1, 0.15) is 11.3 Å². The van der Waals surface area contributed by atoms with Crippen LogP contribution in [0.3, 0.4) is 0 Å². The Morgan fingerprint density at radius 1 is 1.33 bits per heavy atom. The second-order valence-corrected chi connectivity index (χ2v) is 4.74. The van der Waals surface area contributed by atoms with Crippen molar-refractivity contribution in [1.82, 2.24) is 10.3 Å². The number of benzene rings is 1. The lowest BCUT2D eigenvalue weighted by Gasteiger charge is -2.05. The van der Waals surface area contributed by atoms with Gasteiger partial charge in [0.25, 0.3) is 5.22 Å². The highest BCUT2D eigenvalue weighted by atomic mass is 32.2. The number of rotatable bonds is 4. The van der Waals surface area contributed by atoms with Crippen LogP contribution in [0.25, 0.3) is 0 Å². The molecule has 0 radical (unpaired) electrons. The molecule has 2 rings (SSSR count). The Balaban J connectivity index is 2.28. The van der Waals surface area contributed by atoms with Gasteiger partial charge in [-0.2, -0.15) is 0 Å². The summed E-state index contributed by atoms with van der Waals surface area (Å²) in [6, 6.07) is 2.61. The molecular weight excluding hydrogens is 258 g/mol. The smallest absolute Gasteiger partial charge is 0.260 e. The molecule has 0 amide bonds. The van der Waals surface area contributed by atoms with Crippen molar-refractivity contribution in [3.05, 3.63) is 41.3 Å². The van der Waals surface area contributed by atoms with Crippen molar-refractivity contribution in [2.24, 2.45) is 0 Å². The monoisotopic (exact) mass is 270 g/mol. The first kappa shape index (κ1) is 13.0. The third-order valence-electron chi connectivity index (χ3n) is 2.23. The van der Waals surface area contributed by atoms with Crippen LogP contribution in [0.4, 0.5) is 8.78 Å².